The van der Waals surface area contributed by atoms with E-state index in [1.165, 1.54) is 0 Å². The number of ketones is 1. The summed E-state index contributed by atoms with van der Waals surface area (Å²) < 4.78 is 0. The van der Waals surface area contributed by atoms with Gasteiger partial charge in [0.1, 0.15) is 6.04 Å². The molecule has 1 unspecified atom stereocenters. The highest BCUT2D eigenvalue weighted by atomic mass is 16.3. The minimum atomic E-state index is -1.05. The zero-order valence-electron chi connectivity index (χ0n) is 27.8. The van der Waals surface area contributed by atoms with Gasteiger partial charge in [-0.3, -0.25) is 14.4 Å². The average molecular weight is 650 g/mol. The lowest BCUT2D eigenvalue weighted by Crippen LogP contribution is -2.51. The maximum atomic E-state index is 14.3. The van der Waals surface area contributed by atoms with E-state index in [0.717, 1.165) is 33.0 Å². The second-order valence-electron chi connectivity index (χ2n) is 12.9. The molecule has 4 aromatic rings. The number of hydrogen-bond acceptors (Lipinski definition) is 6. The Balaban J connectivity index is 1.44. The molecule has 0 saturated heterocycles. The van der Waals surface area contributed by atoms with E-state index in [0.29, 0.717) is 24.3 Å². The lowest BCUT2D eigenvalue weighted by molar-refractivity contribution is -0.128. The zero-order valence-corrected chi connectivity index (χ0v) is 27.8. The summed E-state index contributed by atoms with van der Waals surface area (Å²) in [6.45, 7) is 6.22. The summed E-state index contributed by atoms with van der Waals surface area (Å²) in [5.41, 5.74) is 4.06. The van der Waals surface area contributed by atoms with Gasteiger partial charge in [0, 0.05) is 44.1 Å². The third-order valence-corrected chi connectivity index (χ3v) is 8.53. The van der Waals surface area contributed by atoms with Crippen molar-refractivity contribution in [2.24, 2.45) is 0 Å². The van der Waals surface area contributed by atoms with Crippen molar-refractivity contribution in [2.45, 2.75) is 64.4 Å². The fourth-order valence-electron chi connectivity index (χ4n) is 6.06. The van der Waals surface area contributed by atoms with Crippen molar-refractivity contribution in [3.05, 3.63) is 102 Å². The lowest BCUT2D eigenvalue weighted by Gasteiger charge is -2.29. The molecule has 5 rings (SSSR count). The van der Waals surface area contributed by atoms with Gasteiger partial charge in [0.15, 0.2) is 5.78 Å². The third kappa shape index (κ3) is 8.07. The molecule has 0 bridgehead atoms. The summed E-state index contributed by atoms with van der Waals surface area (Å²) in [6, 6.07) is 25.7. The van der Waals surface area contributed by atoms with Gasteiger partial charge in [0.05, 0.1) is 18.3 Å². The SMILES string of the molecule is CNC(=O)NCc1ccccc1-c1ccc(CN2C(=O)C(NC(=O)CC(C)(C)NC[C@H](C)O)CC(=O)c3c2ccc2ccccc32)cc1. The zero-order chi connectivity index (χ0) is 34.4. The first kappa shape index (κ1) is 34.3. The number of amides is 4. The van der Waals surface area contributed by atoms with Crippen molar-refractivity contribution < 1.29 is 24.3 Å². The summed E-state index contributed by atoms with van der Waals surface area (Å²) >= 11 is 0. The molecule has 1 aliphatic rings. The fraction of sp³-hybridized carbons (Fsp3) is 0.316. The van der Waals surface area contributed by atoms with E-state index in [2.05, 4.69) is 21.3 Å². The molecule has 48 heavy (non-hydrogen) atoms. The Kier molecular flexibility index (Phi) is 10.6. The van der Waals surface area contributed by atoms with Gasteiger partial charge in [0.25, 0.3) is 0 Å². The molecule has 10 nitrogen and oxygen atoms in total. The Hall–Kier alpha value is -5.06. The number of benzene rings is 4. The number of urea groups is 1. The number of aliphatic hydroxyl groups excluding tert-OH is 1. The Morgan fingerprint density at radius 1 is 0.958 bits per heavy atom. The summed E-state index contributed by atoms with van der Waals surface area (Å²) in [4.78, 5) is 54.8. The van der Waals surface area contributed by atoms with Crippen LogP contribution < -0.4 is 26.2 Å². The van der Waals surface area contributed by atoms with Crippen molar-refractivity contribution in [1.82, 2.24) is 21.3 Å². The number of carbonyl (C=O) groups excluding carboxylic acids is 4. The van der Waals surface area contributed by atoms with Crippen LogP contribution in [0.5, 0.6) is 0 Å². The molecule has 0 aliphatic carbocycles. The molecule has 4 amide bonds. The Morgan fingerprint density at radius 2 is 1.67 bits per heavy atom. The van der Waals surface area contributed by atoms with Gasteiger partial charge in [-0.1, -0.05) is 78.9 Å². The van der Waals surface area contributed by atoms with Gasteiger partial charge in [0.2, 0.25) is 11.8 Å². The third-order valence-electron chi connectivity index (χ3n) is 8.53. The molecule has 0 aromatic heterocycles. The number of aliphatic hydroxyl groups is 1. The molecular formula is C38H43N5O5. The summed E-state index contributed by atoms with van der Waals surface area (Å²) in [5, 5.41) is 22.8. The van der Waals surface area contributed by atoms with Crippen molar-refractivity contribution in [1.29, 1.82) is 0 Å². The second kappa shape index (κ2) is 14.8. The van der Waals surface area contributed by atoms with Crippen molar-refractivity contribution in [3.8, 4) is 11.1 Å². The number of anilines is 1. The lowest BCUT2D eigenvalue weighted by atomic mass is 9.96. The normalized spacial score (nSPS) is 15.4. The second-order valence-corrected chi connectivity index (χ2v) is 12.9. The van der Waals surface area contributed by atoms with E-state index in [9.17, 15) is 24.3 Å². The first-order valence-electron chi connectivity index (χ1n) is 16.2. The Labute approximate surface area is 280 Å². The quantitative estimate of drug-likeness (QED) is 0.160. The molecule has 0 radical (unpaired) electrons. The smallest absolute Gasteiger partial charge is 0.314 e. The fourth-order valence-corrected chi connectivity index (χ4v) is 6.06. The van der Waals surface area contributed by atoms with Gasteiger partial charge in [-0.05, 0) is 59.9 Å². The number of nitrogens with one attached hydrogen (secondary N) is 4. The standard InChI is InChI=1S/C38H43N5O5/c1-24(44)21-41-38(2,3)20-34(46)42-31-19-33(45)35-30-12-8-5-9-26(30)17-18-32(35)43(36(31)47)23-25-13-15-27(16-14-25)29-11-7-6-10-28(29)22-40-37(48)39-4/h5-18,24,31,41,44H,19-23H2,1-4H3,(H,42,46)(H2,39,40,48)/t24-,31?/m0/s1. The van der Waals surface area contributed by atoms with Crippen LogP contribution in [0.15, 0.2) is 84.9 Å². The maximum Gasteiger partial charge on any atom is 0.314 e. The number of nitrogens with zero attached hydrogens (tertiary/aromatic N) is 1. The maximum absolute atomic E-state index is 14.3. The van der Waals surface area contributed by atoms with Crippen LogP contribution in [-0.2, 0) is 22.7 Å². The number of Topliss-reactive ketones (excluding diaryl/α,β-unsaturated/α-hetero) is 1. The van der Waals surface area contributed by atoms with Crippen molar-refractivity contribution >= 4 is 40.1 Å². The summed E-state index contributed by atoms with van der Waals surface area (Å²) in [6.07, 6.45) is -0.691. The average Bonchev–Trinajstić information content (AvgIpc) is 3.16. The molecule has 250 valence electrons. The number of hydrogen-bond donors (Lipinski definition) is 5. The minimum Gasteiger partial charge on any atom is -0.392 e. The van der Waals surface area contributed by atoms with Crippen LogP contribution in [0.2, 0.25) is 0 Å². The molecule has 0 fully saturated rings. The largest absolute Gasteiger partial charge is 0.392 e. The highest BCUT2D eigenvalue weighted by Crippen LogP contribution is 2.35. The summed E-state index contributed by atoms with van der Waals surface area (Å²) in [7, 11) is 1.57. The first-order chi connectivity index (χ1) is 23.0. The van der Waals surface area contributed by atoms with Crippen LogP contribution >= 0.6 is 0 Å². The van der Waals surface area contributed by atoms with Gasteiger partial charge in [-0.25, -0.2) is 4.79 Å². The van der Waals surface area contributed by atoms with Crippen LogP contribution in [-0.4, -0.2) is 60.0 Å². The molecule has 1 heterocycles. The number of fused-ring (bicyclic) bond motifs is 3. The predicted molar refractivity (Wildman–Crippen MR) is 188 cm³/mol. The van der Waals surface area contributed by atoms with Crippen molar-refractivity contribution in [3.63, 3.8) is 0 Å². The number of carbonyl (C=O) groups is 4. The molecule has 1 aliphatic heterocycles. The van der Waals surface area contributed by atoms with E-state index in [4.69, 9.17) is 0 Å². The van der Waals surface area contributed by atoms with Gasteiger partial charge in [-0.2, -0.15) is 0 Å². The monoisotopic (exact) mass is 649 g/mol. The predicted octanol–water partition coefficient (Wildman–Crippen LogP) is 4.68. The van der Waals surface area contributed by atoms with Crippen molar-refractivity contribution in [2.75, 3.05) is 18.5 Å². The minimum absolute atomic E-state index is 0.0507. The molecule has 0 spiro atoms. The number of rotatable bonds is 11. The molecule has 5 N–H and O–H groups in total. The summed E-state index contributed by atoms with van der Waals surface area (Å²) in [5.74, 6) is -0.948. The van der Waals surface area contributed by atoms with E-state index in [1.807, 2.05) is 98.8 Å². The van der Waals surface area contributed by atoms with Crippen LogP contribution in [0.1, 0.15) is 55.1 Å². The number of β-amino-alcohol motifs (C(OH)–C–C–N with tert-alkyl or cyclic N) is 1. The van der Waals surface area contributed by atoms with Gasteiger partial charge >= 0.3 is 6.03 Å². The highest BCUT2D eigenvalue weighted by Gasteiger charge is 2.37. The van der Waals surface area contributed by atoms with Crippen LogP contribution in [0.25, 0.3) is 21.9 Å². The van der Waals surface area contributed by atoms with Crippen LogP contribution in [0.3, 0.4) is 0 Å². The Bertz CT molecular complexity index is 1820. The molecule has 10 heteroatoms. The molecular weight excluding hydrogens is 606 g/mol. The highest BCUT2D eigenvalue weighted by molar-refractivity contribution is 6.19. The van der Waals surface area contributed by atoms with Crippen LogP contribution in [0.4, 0.5) is 10.5 Å². The van der Waals surface area contributed by atoms with E-state index in [-0.39, 0.29) is 43.0 Å². The van der Waals surface area contributed by atoms with E-state index >= 15 is 0 Å². The topological polar surface area (TPSA) is 140 Å². The van der Waals surface area contributed by atoms with E-state index < -0.39 is 17.7 Å². The molecule has 0 saturated carbocycles. The van der Waals surface area contributed by atoms with Crippen LogP contribution in [0, 0.1) is 0 Å². The molecule has 2 atom stereocenters. The Morgan fingerprint density at radius 3 is 2.40 bits per heavy atom. The van der Waals surface area contributed by atoms with E-state index in [1.54, 1.807) is 18.9 Å². The molecule has 4 aromatic carbocycles. The van der Waals surface area contributed by atoms with Gasteiger partial charge < -0.3 is 31.3 Å². The van der Waals surface area contributed by atoms with Gasteiger partial charge in [-0.15, -0.1) is 0 Å². The first-order valence-corrected chi connectivity index (χ1v) is 16.2.